The number of hydrogen-bond donors (Lipinski definition) is 3. The van der Waals surface area contributed by atoms with Crippen LogP contribution in [0.1, 0.15) is 31.4 Å². The van der Waals surface area contributed by atoms with Crippen LogP contribution in [0.15, 0.2) is 60.7 Å². The molecule has 0 bridgehead atoms. The Morgan fingerprint density at radius 2 is 1.52 bits per heavy atom. The minimum Gasteiger partial charge on any atom is -0.344 e. The Bertz CT molecular complexity index is 1010. The van der Waals surface area contributed by atoms with E-state index in [1.54, 1.807) is 18.5 Å². The minimum absolute atomic E-state index is 0.108. The van der Waals surface area contributed by atoms with Crippen molar-refractivity contribution in [1.82, 2.24) is 30.9 Å². The number of hydrogen-bond acceptors (Lipinski definition) is 5. The third-order valence-corrected chi connectivity index (χ3v) is 4.45. The van der Waals surface area contributed by atoms with E-state index in [2.05, 4.69) is 26.3 Å². The van der Waals surface area contributed by atoms with E-state index in [0.717, 1.165) is 11.3 Å². The molecular formula is C22H24N6O3. The lowest BCUT2D eigenvalue weighted by molar-refractivity contribution is -0.129. The van der Waals surface area contributed by atoms with Gasteiger partial charge in [-0.1, -0.05) is 62.4 Å². The fraction of sp³-hybridized carbons (Fsp3) is 0.227. The Kier molecular flexibility index (Phi) is 6.76. The highest BCUT2D eigenvalue weighted by Crippen LogP contribution is 2.20. The second kappa shape index (κ2) is 9.66. The van der Waals surface area contributed by atoms with Crippen molar-refractivity contribution in [3.05, 3.63) is 66.5 Å². The highest BCUT2D eigenvalue weighted by Gasteiger charge is 2.24. The van der Waals surface area contributed by atoms with Crippen molar-refractivity contribution in [2.75, 3.05) is 0 Å². The number of aromatic nitrogens is 3. The van der Waals surface area contributed by atoms with E-state index in [9.17, 15) is 14.4 Å². The number of amides is 3. The first-order valence-corrected chi connectivity index (χ1v) is 9.82. The Hall–Kier alpha value is -4.01. The summed E-state index contributed by atoms with van der Waals surface area (Å²) in [6, 6.07) is 17.9. The maximum atomic E-state index is 12.6. The van der Waals surface area contributed by atoms with E-state index in [-0.39, 0.29) is 17.6 Å². The van der Waals surface area contributed by atoms with Crippen LogP contribution in [0.4, 0.5) is 0 Å². The van der Waals surface area contributed by atoms with Gasteiger partial charge in [0.25, 0.3) is 5.91 Å². The molecule has 0 saturated heterocycles. The SMILES string of the molecule is CC(=O)NC(C(=O)NNC(=O)c1nc(-c2ccccc2)n(-c2ccccc2)n1)C(C)C. The molecule has 0 saturated carbocycles. The summed E-state index contributed by atoms with van der Waals surface area (Å²) < 4.78 is 1.57. The van der Waals surface area contributed by atoms with Crippen LogP contribution < -0.4 is 16.2 Å². The van der Waals surface area contributed by atoms with Gasteiger partial charge in [0.15, 0.2) is 5.82 Å². The van der Waals surface area contributed by atoms with Gasteiger partial charge in [0.1, 0.15) is 6.04 Å². The molecule has 0 spiro atoms. The van der Waals surface area contributed by atoms with Crippen molar-refractivity contribution in [1.29, 1.82) is 0 Å². The summed E-state index contributed by atoms with van der Waals surface area (Å²) in [4.78, 5) is 40.7. The van der Waals surface area contributed by atoms with Gasteiger partial charge in [0.2, 0.25) is 11.7 Å². The normalized spacial score (nSPS) is 11.6. The molecule has 0 aliphatic heterocycles. The Morgan fingerprint density at radius 1 is 0.903 bits per heavy atom. The average molecular weight is 420 g/mol. The number of carbonyl (C=O) groups excluding carboxylic acids is 3. The van der Waals surface area contributed by atoms with Gasteiger partial charge in [-0.25, -0.2) is 9.67 Å². The molecule has 9 nitrogen and oxygen atoms in total. The summed E-state index contributed by atoms with van der Waals surface area (Å²) in [6.45, 7) is 4.90. The molecule has 3 N–H and O–H groups in total. The zero-order chi connectivity index (χ0) is 22.4. The third kappa shape index (κ3) is 5.33. The molecule has 3 amide bonds. The predicted octanol–water partition coefficient (Wildman–Crippen LogP) is 1.86. The van der Waals surface area contributed by atoms with Crippen LogP contribution in [0.5, 0.6) is 0 Å². The number of hydrazine groups is 1. The molecule has 0 aliphatic rings. The van der Waals surface area contributed by atoms with Crippen molar-refractivity contribution in [2.45, 2.75) is 26.8 Å². The minimum atomic E-state index is -0.785. The smallest absolute Gasteiger partial charge is 0.309 e. The number of nitrogens with zero attached hydrogens (tertiary/aromatic N) is 3. The van der Waals surface area contributed by atoms with Gasteiger partial charge in [0.05, 0.1) is 5.69 Å². The van der Waals surface area contributed by atoms with E-state index in [1.165, 1.54) is 6.92 Å². The first-order valence-electron chi connectivity index (χ1n) is 9.82. The van der Waals surface area contributed by atoms with Crippen molar-refractivity contribution < 1.29 is 14.4 Å². The first-order chi connectivity index (χ1) is 14.9. The fourth-order valence-corrected chi connectivity index (χ4v) is 2.94. The molecule has 0 fully saturated rings. The third-order valence-electron chi connectivity index (χ3n) is 4.45. The van der Waals surface area contributed by atoms with Crippen LogP contribution in [0.25, 0.3) is 17.1 Å². The molecule has 31 heavy (non-hydrogen) atoms. The second-order valence-electron chi connectivity index (χ2n) is 7.24. The average Bonchev–Trinajstić information content (AvgIpc) is 3.22. The highest BCUT2D eigenvalue weighted by atomic mass is 16.2. The van der Waals surface area contributed by atoms with Crippen LogP contribution in [0.2, 0.25) is 0 Å². The second-order valence-corrected chi connectivity index (χ2v) is 7.24. The van der Waals surface area contributed by atoms with Crippen molar-refractivity contribution >= 4 is 17.7 Å². The summed E-state index contributed by atoms with van der Waals surface area (Å²) in [6.07, 6.45) is 0. The van der Waals surface area contributed by atoms with E-state index < -0.39 is 17.9 Å². The van der Waals surface area contributed by atoms with Crippen molar-refractivity contribution in [2.24, 2.45) is 5.92 Å². The summed E-state index contributed by atoms with van der Waals surface area (Å²) >= 11 is 0. The van der Waals surface area contributed by atoms with Gasteiger partial charge in [-0.2, -0.15) is 0 Å². The van der Waals surface area contributed by atoms with Crippen molar-refractivity contribution in [3.8, 4) is 17.1 Å². The summed E-state index contributed by atoms with van der Waals surface area (Å²) in [5.41, 5.74) is 6.18. The predicted molar refractivity (Wildman–Crippen MR) is 115 cm³/mol. The zero-order valence-corrected chi connectivity index (χ0v) is 17.5. The Morgan fingerprint density at radius 3 is 2.10 bits per heavy atom. The van der Waals surface area contributed by atoms with Gasteiger partial charge in [-0.05, 0) is 18.1 Å². The topological polar surface area (TPSA) is 118 Å². The van der Waals surface area contributed by atoms with Crippen LogP contribution in [-0.2, 0) is 9.59 Å². The lowest BCUT2D eigenvalue weighted by Gasteiger charge is -2.20. The van der Waals surface area contributed by atoms with Crippen LogP contribution in [0.3, 0.4) is 0 Å². The summed E-state index contributed by atoms with van der Waals surface area (Å²) in [5.74, 6) is -1.34. The van der Waals surface area contributed by atoms with Crippen molar-refractivity contribution in [3.63, 3.8) is 0 Å². The lowest BCUT2D eigenvalue weighted by Crippen LogP contribution is -2.54. The van der Waals surface area contributed by atoms with Gasteiger partial charge < -0.3 is 5.32 Å². The molecule has 0 radical (unpaired) electrons. The van der Waals surface area contributed by atoms with E-state index >= 15 is 0 Å². The number of rotatable bonds is 6. The molecule has 3 aromatic rings. The standard InChI is InChI=1S/C22H24N6O3/c1-14(2)18(23-15(3)29)21(30)25-26-22(31)19-24-20(16-10-6-4-7-11-16)28(27-19)17-12-8-5-9-13-17/h4-14,18H,1-3H3,(H,23,29)(H,25,30)(H,26,31). The molecule has 1 unspecified atom stereocenters. The highest BCUT2D eigenvalue weighted by molar-refractivity contribution is 5.94. The largest absolute Gasteiger partial charge is 0.344 e. The fourth-order valence-electron chi connectivity index (χ4n) is 2.94. The number of para-hydroxylation sites is 1. The molecule has 3 rings (SSSR count). The summed E-state index contributed by atoms with van der Waals surface area (Å²) in [7, 11) is 0. The van der Waals surface area contributed by atoms with Gasteiger partial charge in [0, 0.05) is 12.5 Å². The Labute approximate surface area is 179 Å². The summed E-state index contributed by atoms with van der Waals surface area (Å²) in [5, 5.41) is 6.90. The van der Waals surface area contributed by atoms with Crippen LogP contribution in [-0.4, -0.2) is 38.5 Å². The van der Waals surface area contributed by atoms with Crippen LogP contribution in [0, 0.1) is 5.92 Å². The molecule has 2 aromatic carbocycles. The van der Waals surface area contributed by atoms with E-state index in [1.807, 2.05) is 60.7 Å². The molecule has 1 atom stereocenters. The molecular weight excluding hydrogens is 396 g/mol. The van der Waals surface area contributed by atoms with Gasteiger partial charge >= 0.3 is 5.91 Å². The maximum absolute atomic E-state index is 12.6. The molecule has 160 valence electrons. The lowest BCUT2D eigenvalue weighted by atomic mass is 10.0. The zero-order valence-electron chi connectivity index (χ0n) is 17.5. The maximum Gasteiger partial charge on any atom is 0.309 e. The number of benzene rings is 2. The first kappa shape index (κ1) is 21.7. The van der Waals surface area contributed by atoms with Gasteiger partial charge in [-0.3, -0.25) is 25.2 Å². The van der Waals surface area contributed by atoms with Gasteiger partial charge in [-0.15, -0.1) is 5.10 Å². The monoisotopic (exact) mass is 420 g/mol. The van der Waals surface area contributed by atoms with E-state index in [4.69, 9.17) is 0 Å². The molecule has 1 aromatic heterocycles. The molecule has 9 heteroatoms. The number of nitrogens with one attached hydrogen (secondary N) is 3. The quantitative estimate of drug-likeness (QED) is 0.526. The molecule has 1 heterocycles. The van der Waals surface area contributed by atoms with E-state index in [0.29, 0.717) is 5.82 Å². The molecule has 0 aliphatic carbocycles. The van der Waals surface area contributed by atoms with Crippen LogP contribution >= 0.6 is 0 Å². The number of carbonyl (C=O) groups is 3. The Balaban J connectivity index is 1.82.